The van der Waals surface area contributed by atoms with Crippen molar-refractivity contribution in [1.82, 2.24) is 4.90 Å². The standard InChI is InChI=1S/C19H31NO7S/c1-7-24-16(21)10-14-11-20(17(22)27-19(4,5)6)9-8-15(14)28-12-25-18(23)26-13(2)3/h10,13,15H,7-9,11-12H2,1-6H3/b14-10+. The highest BCUT2D eigenvalue weighted by Crippen LogP contribution is 2.29. The maximum Gasteiger partial charge on any atom is 0.509 e. The van der Waals surface area contributed by atoms with E-state index in [-0.39, 0.29) is 30.4 Å². The minimum absolute atomic E-state index is 0.0861. The second-order valence-electron chi connectivity index (χ2n) is 7.50. The van der Waals surface area contributed by atoms with Crippen molar-refractivity contribution in [1.29, 1.82) is 0 Å². The van der Waals surface area contributed by atoms with Crippen LogP contribution in [-0.2, 0) is 23.7 Å². The van der Waals surface area contributed by atoms with Crippen LogP contribution in [-0.4, -0.2) is 65.7 Å². The SMILES string of the molecule is CCOC(=O)/C=C1\CN(C(=O)OC(C)(C)C)CCC1SCOC(=O)OC(C)C. The molecule has 0 aromatic heterocycles. The van der Waals surface area contributed by atoms with Crippen molar-refractivity contribution >= 4 is 30.0 Å². The van der Waals surface area contributed by atoms with Gasteiger partial charge in [-0.3, -0.25) is 0 Å². The number of thioether (sulfide) groups is 1. The molecule has 1 rings (SSSR count). The predicted molar refractivity (Wildman–Crippen MR) is 106 cm³/mol. The number of likely N-dealkylation sites (tertiary alicyclic amines) is 1. The van der Waals surface area contributed by atoms with Crippen LogP contribution in [0.25, 0.3) is 0 Å². The van der Waals surface area contributed by atoms with Gasteiger partial charge in [0.2, 0.25) is 0 Å². The molecule has 8 nitrogen and oxygen atoms in total. The molecule has 28 heavy (non-hydrogen) atoms. The lowest BCUT2D eigenvalue weighted by Gasteiger charge is -2.35. The lowest BCUT2D eigenvalue weighted by molar-refractivity contribution is -0.137. The minimum Gasteiger partial charge on any atom is -0.463 e. The molecule has 1 unspecified atom stereocenters. The fraction of sp³-hybridized carbons (Fsp3) is 0.737. The maximum atomic E-state index is 12.4. The van der Waals surface area contributed by atoms with Gasteiger partial charge in [0.05, 0.1) is 12.7 Å². The van der Waals surface area contributed by atoms with Crippen LogP contribution < -0.4 is 0 Å². The average Bonchev–Trinajstić information content (AvgIpc) is 2.54. The summed E-state index contributed by atoms with van der Waals surface area (Å²) in [5.74, 6) is -0.378. The minimum atomic E-state index is -0.732. The summed E-state index contributed by atoms with van der Waals surface area (Å²) < 4.78 is 20.4. The Morgan fingerprint density at radius 1 is 1.25 bits per heavy atom. The quantitative estimate of drug-likeness (QED) is 0.279. The molecule has 160 valence electrons. The number of rotatable bonds is 6. The molecule has 0 bridgehead atoms. The average molecular weight is 418 g/mol. The van der Waals surface area contributed by atoms with Gasteiger partial charge in [-0.05, 0) is 53.5 Å². The van der Waals surface area contributed by atoms with Crippen LogP contribution in [0.2, 0.25) is 0 Å². The molecule has 1 fully saturated rings. The van der Waals surface area contributed by atoms with Crippen molar-refractivity contribution in [3.63, 3.8) is 0 Å². The van der Waals surface area contributed by atoms with E-state index < -0.39 is 23.8 Å². The molecule has 0 radical (unpaired) electrons. The smallest absolute Gasteiger partial charge is 0.463 e. The van der Waals surface area contributed by atoms with Gasteiger partial charge in [-0.1, -0.05) is 0 Å². The Labute approximate surface area is 170 Å². The van der Waals surface area contributed by atoms with E-state index in [1.54, 1.807) is 46.4 Å². The van der Waals surface area contributed by atoms with E-state index in [0.717, 1.165) is 5.57 Å². The summed E-state index contributed by atoms with van der Waals surface area (Å²) in [5.41, 5.74) is 0.125. The Morgan fingerprint density at radius 2 is 1.93 bits per heavy atom. The van der Waals surface area contributed by atoms with E-state index in [9.17, 15) is 14.4 Å². The van der Waals surface area contributed by atoms with Crippen molar-refractivity contribution < 1.29 is 33.3 Å². The monoisotopic (exact) mass is 417 g/mol. The summed E-state index contributed by atoms with van der Waals surface area (Å²) in [6.45, 7) is 11.6. The second kappa shape index (κ2) is 11.2. The number of carbonyl (C=O) groups excluding carboxylic acids is 3. The van der Waals surface area contributed by atoms with Crippen LogP contribution in [0.3, 0.4) is 0 Å². The lowest BCUT2D eigenvalue weighted by atomic mass is 10.0. The van der Waals surface area contributed by atoms with Gasteiger partial charge in [0.1, 0.15) is 11.5 Å². The fourth-order valence-electron chi connectivity index (χ4n) is 2.40. The van der Waals surface area contributed by atoms with Crippen LogP contribution in [0.1, 0.15) is 48.0 Å². The molecule has 0 saturated carbocycles. The molecule has 1 aliphatic rings. The van der Waals surface area contributed by atoms with Crippen LogP contribution in [0.15, 0.2) is 11.6 Å². The number of piperidine rings is 1. The summed E-state index contributed by atoms with van der Waals surface area (Å²) in [7, 11) is 0. The summed E-state index contributed by atoms with van der Waals surface area (Å²) >= 11 is 1.37. The number of hydrogen-bond acceptors (Lipinski definition) is 8. The predicted octanol–water partition coefficient (Wildman–Crippen LogP) is 3.74. The number of carbonyl (C=O) groups is 3. The zero-order valence-corrected chi connectivity index (χ0v) is 18.3. The Kier molecular flexibility index (Phi) is 9.64. The van der Waals surface area contributed by atoms with E-state index in [1.165, 1.54) is 17.8 Å². The molecule has 9 heteroatoms. The Bertz CT molecular complexity index is 583. The first kappa shape index (κ1) is 24.1. The van der Waals surface area contributed by atoms with Gasteiger partial charge < -0.3 is 23.8 Å². The normalized spacial score (nSPS) is 18.8. The first-order valence-electron chi connectivity index (χ1n) is 9.32. The van der Waals surface area contributed by atoms with Gasteiger partial charge in [0, 0.05) is 24.4 Å². The van der Waals surface area contributed by atoms with Crippen molar-refractivity contribution in [2.45, 2.75) is 64.9 Å². The van der Waals surface area contributed by atoms with E-state index in [4.69, 9.17) is 18.9 Å². The molecule has 0 aliphatic carbocycles. The summed E-state index contributed by atoms with van der Waals surface area (Å²) in [6, 6.07) is 0. The van der Waals surface area contributed by atoms with Gasteiger partial charge in [-0.15, -0.1) is 11.8 Å². The molecule has 1 amide bonds. The zero-order valence-electron chi connectivity index (χ0n) is 17.5. The van der Waals surface area contributed by atoms with Crippen molar-refractivity contribution in [3.8, 4) is 0 Å². The van der Waals surface area contributed by atoms with Crippen molar-refractivity contribution in [3.05, 3.63) is 11.6 Å². The molecule has 1 atom stereocenters. The molecule has 1 heterocycles. The largest absolute Gasteiger partial charge is 0.509 e. The third-order valence-corrected chi connectivity index (χ3v) is 4.66. The molecule has 0 spiro atoms. The van der Waals surface area contributed by atoms with Crippen LogP contribution in [0.4, 0.5) is 9.59 Å². The Hall–Kier alpha value is -1.90. The van der Waals surface area contributed by atoms with Gasteiger partial charge >= 0.3 is 18.2 Å². The highest BCUT2D eigenvalue weighted by molar-refractivity contribution is 7.99. The highest BCUT2D eigenvalue weighted by Gasteiger charge is 2.31. The van der Waals surface area contributed by atoms with Gasteiger partial charge in [0.25, 0.3) is 0 Å². The Morgan fingerprint density at radius 3 is 2.50 bits per heavy atom. The lowest BCUT2D eigenvalue weighted by Crippen LogP contribution is -2.43. The number of hydrogen-bond donors (Lipinski definition) is 0. The third kappa shape index (κ3) is 9.34. The van der Waals surface area contributed by atoms with Crippen LogP contribution in [0.5, 0.6) is 0 Å². The maximum absolute atomic E-state index is 12.4. The summed E-state index contributed by atoms with van der Waals surface area (Å²) in [4.78, 5) is 37.3. The molecule has 0 N–H and O–H groups in total. The van der Waals surface area contributed by atoms with Crippen molar-refractivity contribution in [2.75, 3.05) is 25.6 Å². The molecule has 1 aliphatic heterocycles. The number of amides is 1. The fourth-order valence-corrected chi connectivity index (χ4v) is 3.35. The van der Waals surface area contributed by atoms with E-state index in [0.29, 0.717) is 13.0 Å². The van der Waals surface area contributed by atoms with Gasteiger partial charge in [-0.2, -0.15) is 0 Å². The Balaban J connectivity index is 2.74. The third-order valence-electron chi connectivity index (χ3n) is 3.47. The first-order valence-corrected chi connectivity index (χ1v) is 10.4. The number of nitrogens with zero attached hydrogens (tertiary/aromatic N) is 1. The van der Waals surface area contributed by atoms with E-state index >= 15 is 0 Å². The number of ether oxygens (including phenoxy) is 4. The van der Waals surface area contributed by atoms with E-state index in [2.05, 4.69) is 0 Å². The first-order chi connectivity index (χ1) is 13.0. The molecular weight excluding hydrogens is 386 g/mol. The summed E-state index contributed by atoms with van der Waals surface area (Å²) in [6.07, 6.45) is 0.586. The van der Waals surface area contributed by atoms with Crippen LogP contribution in [0, 0.1) is 0 Å². The van der Waals surface area contributed by atoms with E-state index in [1.807, 2.05) is 0 Å². The van der Waals surface area contributed by atoms with Gasteiger partial charge in [0.15, 0.2) is 0 Å². The zero-order chi connectivity index (χ0) is 21.3. The van der Waals surface area contributed by atoms with Crippen molar-refractivity contribution in [2.24, 2.45) is 0 Å². The van der Waals surface area contributed by atoms with Gasteiger partial charge in [-0.25, -0.2) is 14.4 Å². The molecule has 0 aromatic rings. The molecule has 1 saturated heterocycles. The topological polar surface area (TPSA) is 91.4 Å². The summed E-state index contributed by atoms with van der Waals surface area (Å²) in [5, 5.41) is -0.0880. The number of esters is 1. The van der Waals surface area contributed by atoms with Crippen LogP contribution >= 0.6 is 11.8 Å². The second-order valence-corrected chi connectivity index (χ2v) is 8.63. The highest BCUT2D eigenvalue weighted by atomic mass is 32.2. The molecular formula is C19H31NO7S. The molecule has 0 aromatic carbocycles.